The highest BCUT2D eigenvalue weighted by Crippen LogP contribution is 2.28. The summed E-state index contributed by atoms with van der Waals surface area (Å²) in [5.41, 5.74) is 2.60. The van der Waals surface area contributed by atoms with Gasteiger partial charge in [-0.15, -0.1) is 0 Å². The number of hydrogen-bond acceptors (Lipinski definition) is 4. The first-order chi connectivity index (χ1) is 8.64. The van der Waals surface area contributed by atoms with E-state index < -0.39 is 10.1 Å². The van der Waals surface area contributed by atoms with Crippen LogP contribution in [0.15, 0.2) is 48.0 Å². The highest BCUT2D eigenvalue weighted by molar-refractivity contribution is 7.90. The maximum Gasteiger partial charge on any atom is 0.333 e. The Morgan fingerprint density at radius 2 is 1.83 bits per heavy atom. The van der Waals surface area contributed by atoms with Gasteiger partial charge in [-0.3, -0.25) is 0 Å². The highest BCUT2D eigenvalue weighted by Gasteiger charge is 2.18. The molecule has 0 fully saturated rings. The molecule has 2 heterocycles. The third-order valence-electron chi connectivity index (χ3n) is 2.60. The molecule has 0 bridgehead atoms. The van der Waals surface area contributed by atoms with Gasteiger partial charge in [-0.25, -0.2) is 4.98 Å². The van der Waals surface area contributed by atoms with Crippen molar-refractivity contribution < 1.29 is 12.6 Å². The van der Waals surface area contributed by atoms with E-state index in [1.54, 1.807) is 6.20 Å². The summed E-state index contributed by atoms with van der Waals surface area (Å²) in [4.78, 5) is 4.04. The van der Waals surface area contributed by atoms with Gasteiger partial charge in [-0.05, 0) is 17.7 Å². The van der Waals surface area contributed by atoms with E-state index >= 15 is 0 Å². The fraction of sp³-hybridized carbons (Fsp3) is 0. The van der Waals surface area contributed by atoms with Crippen LogP contribution in [0.4, 0.5) is 0 Å². The molecule has 0 unspecified atom stereocenters. The van der Waals surface area contributed by atoms with Crippen LogP contribution in [-0.2, 0) is 10.1 Å². The van der Waals surface area contributed by atoms with E-state index in [-0.39, 0.29) is 5.88 Å². The SMILES string of the molecule is O=S1(=O)C=Cc2cc(-c3ccccc3)cnc2O1. The lowest BCUT2D eigenvalue weighted by Gasteiger charge is -2.11. The third kappa shape index (κ3) is 2.00. The van der Waals surface area contributed by atoms with Crippen molar-refractivity contribution in [3.05, 3.63) is 53.6 Å². The van der Waals surface area contributed by atoms with Crippen molar-refractivity contribution in [3.8, 4) is 17.0 Å². The molecule has 2 aromatic rings. The first kappa shape index (κ1) is 11.0. The van der Waals surface area contributed by atoms with Crippen LogP contribution in [0.1, 0.15) is 5.56 Å². The predicted molar refractivity (Wildman–Crippen MR) is 68.3 cm³/mol. The maximum atomic E-state index is 11.2. The second-order valence-electron chi connectivity index (χ2n) is 3.86. The summed E-state index contributed by atoms with van der Waals surface area (Å²) >= 11 is 0. The highest BCUT2D eigenvalue weighted by atomic mass is 32.2. The Balaban J connectivity index is 2.09. The van der Waals surface area contributed by atoms with Crippen molar-refractivity contribution in [3.63, 3.8) is 0 Å². The minimum absolute atomic E-state index is 0.122. The summed E-state index contributed by atoms with van der Waals surface area (Å²) in [6.45, 7) is 0. The third-order valence-corrected chi connectivity index (χ3v) is 3.45. The van der Waals surface area contributed by atoms with Gasteiger partial charge in [0, 0.05) is 17.3 Å². The van der Waals surface area contributed by atoms with Gasteiger partial charge in [0.05, 0.1) is 5.41 Å². The Morgan fingerprint density at radius 1 is 1.06 bits per heavy atom. The van der Waals surface area contributed by atoms with Gasteiger partial charge in [0.1, 0.15) is 0 Å². The summed E-state index contributed by atoms with van der Waals surface area (Å²) in [5, 5.41) is 1.03. The minimum Gasteiger partial charge on any atom is -0.358 e. The van der Waals surface area contributed by atoms with Crippen LogP contribution in [0.3, 0.4) is 0 Å². The summed E-state index contributed by atoms with van der Waals surface area (Å²) in [5.74, 6) is 0.122. The number of fused-ring (bicyclic) bond motifs is 1. The summed E-state index contributed by atoms with van der Waals surface area (Å²) in [6, 6.07) is 11.6. The van der Waals surface area contributed by atoms with Crippen LogP contribution in [0.25, 0.3) is 17.2 Å². The lowest BCUT2D eigenvalue weighted by molar-refractivity contribution is 0.484. The Kier molecular flexibility index (Phi) is 2.41. The molecule has 0 N–H and O–H groups in total. The van der Waals surface area contributed by atoms with Crippen molar-refractivity contribution in [2.45, 2.75) is 0 Å². The fourth-order valence-electron chi connectivity index (χ4n) is 1.74. The lowest BCUT2D eigenvalue weighted by Crippen LogP contribution is -2.10. The average Bonchev–Trinajstić information content (AvgIpc) is 2.38. The molecule has 0 saturated carbocycles. The lowest BCUT2D eigenvalue weighted by atomic mass is 10.1. The van der Waals surface area contributed by atoms with Gasteiger partial charge in [-0.2, -0.15) is 8.42 Å². The molecule has 0 saturated heterocycles. The standard InChI is InChI=1S/C13H9NO3S/c15-18(16)7-6-11-8-12(9-14-13(11)17-18)10-4-2-1-3-5-10/h1-9H. The monoisotopic (exact) mass is 259 g/mol. The van der Waals surface area contributed by atoms with Crippen LogP contribution >= 0.6 is 0 Å². The topological polar surface area (TPSA) is 56.3 Å². The second kappa shape index (κ2) is 3.96. The molecule has 0 radical (unpaired) electrons. The van der Waals surface area contributed by atoms with E-state index in [0.29, 0.717) is 5.56 Å². The molecule has 0 aliphatic carbocycles. The van der Waals surface area contributed by atoms with E-state index in [1.165, 1.54) is 6.08 Å². The number of pyridine rings is 1. The number of rotatable bonds is 1. The molecule has 3 rings (SSSR count). The summed E-state index contributed by atoms with van der Waals surface area (Å²) in [6.07, 6.45) is 3.09. The van der Waals surface area contributed by atoms with Crippen LogP contribution in [0.2, 0.25) is 0 Å². The molecule has 4 nitrogen and oxygen atoms in total. The molecular weight excluding hydrogens is 250 g/mol. The van der Waals surface area contributed by atoms with Crippen LogP contribution in [0, 0.1) is 0 Å². The number of nitrogens with zero attached hydrogens (tertiary/aromatic N) is 1. The Hall–Kier alpha value is -2.14. The first-order valence-electron chi connectivity index (χ1n) is 5.32. The average molecular weight is 259 g/mol. The Labute approximate surface area is 105 Å². The van der Waals surface area contributed by atoms with Gasteiger partial charge in [-0.1, -0.05) is 30.3 Å². The number of hydrogen-bond donors (Lipinski definition) is 0. The molecule has 1 aromatic carbocycles. The van der Waals surface area contributed by atoms with Gasteiger partial charge < -0.3 is 4.18 Å². The summed E-state index contributed by atoms with van der Waals surface area (Å²) < 4.78 is 27.2. The van der Waals surface area contributed by atoms with Crippen LogP contribution < -0.4 is 4.18 Å². The van der Waals surface area contributed by atoms with Crippen molar-refractivity contribution in [2.24, 2.45) is 0 Å². The minimum atomic E-state index is -3.62. The normalized spacial score (nSPS) is 15.8. The number of aromatic nitrogens is 1. The fourth-order valence-corrected chi connectivity index (χ4v) is 2.47. The zero-order valence-electron chi connectivity index (χ0n) is 9.28. The smallest absolute Gasteiger partial charge is 0.333 e. The Bertz CT molecular complexity index is 721. The predicted octanol–water partition coefficient (Wildman–Crippen LogP) is 2.44. The quantitative estimate of drug-likeness (QED) is 0.738. The van der Waals surface area contributed by atoms with Crippen LogP contribution in [0.5, 0.6) is 5.88 Å². The molecule has 0 atom stereocenters. The van der Waals surface area contributed by atoms with Crippen molar-refractivity contribution in [2.75, 3.05) is 0 Å². The molecule has 1 aliphatic heterocycles. The van der Waals surface area contributed by atoms with E-state index in [4.69, 9.17) is 4.18 Å². The Morgan fingerprint density at radius 3 is 2.61 bits per heavy atom. The molecule has 90 valence electrons. The first-order valence-corrected chi connectivity index (χ1v) is 6.79. The van der Waals surface area contributed by atoms with E-state index in [1.807, 2.05) is 36.4 Å². The molecule has 18 heavy (non-hydrogen) atoms. The largest absolute Gasteiger partial charge is 0.358 e. The van der Waals surface area contributed by atoms with Gasteiger partial charge in [0.15, 0.2) is 0 Å². The molecule has 1 aliphatic rings. The van der Waals surface area contributed by atoms with Gasteiger partial charge in [0.25, 0.3) is 0 Å². The van der Waals surface area contributed by atoms with Crippen molar-refractivity contribution in [1.29, 1.82) is 0 Å². The van der Waals surface area contributed by atoms with Gasteiger partial charge in [0.2, 0.25) is 5.88 Å². The zero-order chi connectivity index (χ0) is 12.6. The van der Waals surface area contributed by atoms with E-state index in [9.17, 15) is 8.42 Å². The molecule has 5 heteroatoms. The number of benzene rings is 1. The summed E-state index contributed by atoms with van der Waals surface area (Å²) in [7, 11) is -3.62. The van der Waals surface area contributed by atoms with Crippen molar-refractivity contribution in [1.82, 2.24) is 4.98 Å². The van der Waals surface area contributed by atoms with Gasteiger partial charge >= 0.3 is 10.1 Å². The zero-order valence-corrected chi connectivity index (χ0v) is 10.1. The van der Waals surface area contributed by atoms with E-state index in [2.05, 4.69) is 4.98 Å². The second-order valence-corrected chi connectivity index (χ2v) is 5.29. The van der Waals surface area contributed by atoms with E-state index in [0.717, 1.165) is 16.5 Å². The van der Waals surface area contributed by atoms with Crippen LogP contribution in [-0.4, -0.2) is 13.4 Å². The molecule has 0 spiro atoms. The molecule has 1 aromatic heterocycles. The molecule has 0 amide bonds. The maximum absolute atomic E-state index is 11.2. The molecular formula is C13H9NO3S. The van der Waals surface area contributed by atoms with Crippen molar-refractivity contribution >= 4 is 16.2 Å².